The molecule has 0 aromatic rings. The zero-order chi connectivity index (χ0) is 8.10. The van der Waals surface area contributed by atoms with Crippen LogP contribution in [0.15, 0.2) is 12.2 Å². The summed E-state index contributed by atoms with van der Waals surface area (Å²) < 4.78 is 0. The standard InChI is InChI=1S/C11H20/c1-3-4-7-10(2)11-8-5-6-9-11/h3-4,10-11H,5-9H2,1-2H3/b4-3+/t10-/m1/s1. The highest BCUT2D eigenvalue weighted by Crippen LogP contribution is 2.32. The molecule has 0 spiro atoms. The van der Waals surface area contributed by atoms with Crippen molar-refractivity contribution in [3.63, 3.8) is 0 Å². The molecule has 0 bridgehead atoms. The second-order valence-electron chi connectivity index (χ2n) is 3.83. The van der Waals surface area contributed by atoms with Crippen LogP contribution < -0.4 is 0 Å². The van der Waals surface area contributed by atoms with Crippen LogP contribution in [-0.4, -0.2) is 0 Å². The van der Waals surface area contributed by atoms with Crippen molar-refractivity contribution in [3.05, 3.63) is 12.2 Å². The lowest BCUT2D eigenvalue weighted by Crippen LogP contribution is -2.05. The smallest absolute Gasteiger partial charge is 0.0322 e. The molecule has 11 heavy (non-hydrogen) atoms. The highest BCUT2D eigenvalue weighted by atomic mass is 14.3. The van der Waals surface area contributed by atoms with E-state index in [1.54, 1.807) is 0 Å². The van der Waals surface area contributed by atoms with Crippen molar-refractivity contribution in [2.75, 3.05) is 0 Å². The van der Waals surface area contributed by atoms with Crippen LogP contribution in [0.1, 0.15) is 46.0 Å². The summed E-state index contributed by atoms with van der Waals surface area (Å²) in [7, 11) is 0. The molecule has 0 aromatic carbocycles. The summed E-state index contributed by atoms with van der Waals surface area (Å²) in [5.74, 6) is 1.96. The summed E-state index contributed by atoms with van der Waals surface area (Å²) in [6.45, 7) is 4.51. The Morgan fingerprint density at radius 3 is 2.55 bits per heavy atom. The van der Waals surface area contributed by atoms with E-state index >= 15 is 0 Å². The molecule has 0 nitrogen and oxygen atoms in total. The lowest BCUT2D eigenvalue weighted by atomic mass is 9.90. The van der Waals surface area contributed by atoms with Crippen molar-refractivity contribution >= 4 is 0 Å². The van der Waals surface area contributed by atoms with Crippen molar-refractivity contribution in [1.82, 2.24) is 0 Å². The van der Waals surface area contributed by atoms with Crippen LogP contribution in [0.25, 0.3) is 0 Å². The summed E-state index contributed by atoms with van der Waals surface area (Å²) >= 11 is 0. The summed E-state index contributed by atoms with van der Waals surface area (Å²) in [4.78, 5) is 0. The summed E-state index contributed by atoms with van der Waals surface area (Å²) in [6, 6.07) is 0. The van der Waals surface area contributed by atoms with Crippen LogP contribution in [-0.2, 0) is 0 Å². The van der Waals surface area contributed by atoms with E-state index in [1.807, 2.05) is 0 Å². The van der Waals surface area contributed by atoms with Gasteiger partial charge in [0.25, 0.3) is 0 Å². The van der Waals surface area contributed by atoms with Gasteiger partial charge in [-0.1, -0.05) is 44.8 Å². The van der Waals surface area contributed by atoms with Crippen LogP contribution in [0.2, 0.25) is 0 Å². The molecule has 1 aliphatic carbocycles. The molecule has 1 saturated carbocycles. The maximum atomic E-state index is 2.40. The van der Waals surface area contributed by atoms with Gasteiger partial charge in [-0.25, -0.2) is 0 Å². The third-order valence-electron chi connectivity index (χ3n) is 2.95. The van der Waals surface area contributed by atoms with Gasteiger partial charge in [0.2, 0.25) is 0 Å². The van der Waals surface area contributed by atoms with Crippen molar-refractivity contribution < 1.29 is 0 Å². The van der Waals surface area contributed by atoms with Gasteiger partial charge in [-0.2, -0.15) is 0 Å². The van der Waals surface area contributed by atoms with E-state index in [1.165, 1.54) is 32.1 Å². The average molecular weight is 152 g/mol. The Bertz CT molecular complexity index is 118. The SMILES string of the molecule is C/C=C/C[C@@H](C)C1CCCC1. The van der Waals surface area contributed by atoms with Crippen molar-refractivity contribution in [2.24, 2.45) is 11.8 Å². The fourth-order valence-electron chi connectivity index (χ4n) is 2.07. The Balaban J connectivity index is 2.22. The zero-order valence-electron chi connectivity index (χ0n) is 7.84. The third kappa shape index (κ3) is 2.69. The van der Waals surface area contributed by atoms with Gasteiger partial charge in [-0.05, 0) is 25.2 Å². The Labute approximate surface area is 70.7 Å². The Kier molecular flexibility index (Phi) is 3.68. The molecular weight excluding hydrogens is 132 g/mol. The minimum Gasteiger partial charge on any atom is -0.0917 e. The molecule has 1 atom stereocenters. The first-order valence-corrected chi connectivity index (χ1v) is 4.95. The molecule has 0 aliphatic heterocycles. The predicted octanol–water partition coefficient (Wildman–Crippen LogP) is 3.78. The van der Waals surface area contributed by atoms with Gasteiger partial charge < -0.3 is 0 Å². The fraction of sp³-hybridized carbons (Fsp3) is 0.818. The number of allylic oxidation sites excluding steroid dienone is 2. The molecule has 0 heterocycles. The van der Waals surface area contributed by atoms with Crippen LogP contribution in [0, 0.1) is 11.8 Å². The van der Waals surface area contributed by atoms with Crippen LogP contribution in [0.4, 0.5) is 0 Å². The molecular formula is C11H20. The summed E-state index contributed by atoms with van der Waals surface area (Å²) in [5, 5.41) is 0. The van der Waals surface area contributed by atoms with E-state index in [2.05, 4.69) is 26.0 Å². The van der Waals surface area contributed by atoms with Crippen molar-refractivity contribution in [1.29, 1.82) is 0 Å². The first kappa shape index (κ1) is 8.83. The Morgan fingerprint density at radius 1 is 1.36 bits per heavy atom. The molecule has 1 rings (SSSR count). The maximum Gasteiger partial charge on any atom is -0.0322 e. The topological polar surface area (TPSA) is 0 Å². The van der Waals surface area contributed by atoms with E-state index in [9.17, 15) is 0 Å². The molecule has 0 amide bonds. The minimum absolute atomic E-state index is 0.925. The molecule has 0 heteroatoms. The second-order valence-corrected chi connectivity index (χ2v) is 3.83. The molecule has 64 valence electrons. The number of hydrogen-bond acceptors (Lipinski definition) is 0. The lowest BCUT2D eigenvalue weighted by molar-refractivity contribution is 0.370. The highest BCUT2D eigenvalue weighted by Gasteiger charge is 2.19. The van der Waals surface area contributed by atoms with Gasteiger partial charge in [0, 0.05) is 0 Å². The van der Waals surface area contributed by atoms with Crippen LogP contribution >= 0.6 is 0 Å². The van der Waals surface area contributed by atoms with E-state index in [4.69, 9.17) is 0 Å². The lowest BCUT2D eigenvalue weighted by Gasteiger charge is -2.16. The van der Waals surface area contributed by atoms with E-state index in [0.717, 1.165) is 11.8 Å². The van der Waals surface area contributed by atoms with Crippen molar-refractivity contribution in [3.8, 4) is 0 Å². The van der Waals surface area contributed by atoms with Gasteiger partial charge in [-0.15, -0.1) is 0 Å². The summed E-state index contributed by atoms with van der Waals surface area (Å²) in [6.07, 6.45) is 11.7. The second kappa shape index (κ2) is 4.58. The maximum absolute atomic E-state index is 2.40. The van der Waals surface area contributed by atoms with E-state index < -0.39 is 0 Å². The largest absolute Gasteiger partial charge is 0.0917 e. The normalized spacial score (nSPS) is 23.1. The van der Waals surface area contributed by atoms with E-state index in [-0.39, 0.29) is 0 Å². The van der Waals surface area contributed by atoms with Crippen molar-refractivity contribution in [2.45, 2.75) is 46.0 Å². The zero-order valence-corrected chi connectivity index (χ0v) is 7.84. The molecule has 0 saturated heterocycles. The highest BCUT2D eigenvalue weighted by molar-refractivity contribution is 4.83. The molecule has 1 fully saturated rings. The average Bonchev–Trinajstić information content (AvgIpc) is 2.52. The van der Waals surface area contributed by atoms with Gasteiger partial charge in [0.15, 0.2) is 0 Å². The predicted molar refractivity (Wildman–Crippen MR) is 50.6 cm³/mol. The van der Waals surface area contributed by atoms with Gasteiger partial charge in [0.05, 0.1) is 0 Å². The molecule has 0 unspecified atom stereocenters. The van der Waals surface area contributed by atoms with Crippen LogP contribution in [0.3, 0.4) is 0 Å². The molecule has 0 radical (unpaired) electrons. The molecule has 1 aliphatic rings. The molecule has 0 N–H and O–H groups in total. The number of rotatable bonds is 3. The Hall–Kier alpha value is -0.260. The molecule has 0 aromatic heterocycles. The Morgan fingerprint density at radius 2 is 2.00 bits per heavy atom. The quantitative estimate of drug-likeness (QED) is 0.540. The van der Waals surface area contributed by atoms with Crippen LogP contribution in [0.5, 0.6) is 0 Å². The fourth-order valence-corrected chi connectivity index (χ4v) is 2.07. The summed E-state index contributed by atoms with van der Waals surface area (Å²) in [5.41, 5.74) is 0. The number of hydrogen-bond donors (Lipinski definition) is 0. The first-order chi connectivity index (χ1) is 5.34. The van der Waals surface area contributed by atoms with Gasteiger partial charge in [-0.3, -0.25) is 0 Å². The van der Waals surface area contributed by atoms with Gasteiger partial charge in [0.1, 0.15) is 0 Å². The first-order valence-electron chi connectivity index (χ1n) is 4.95. The van der Waals surface area contributed by atoms with Gasteiger partial charge >= 0.3 is 0 Å². The van der Waals surface area contributed by atoms with E-state index in [0.29, 0.717) is 0 Å². The monoisotopic (exact) mass is 152 g/mol. The third-order valence-corrected chi connectivity index (χ3v) is 2.95. The minimum atomic E-state index is 0.925.